The van der Waals surface area contributed by atoms with E-state index in [1.54, 1.807) is 88.4 Å². The van der Waals surface area contributed by atoms with Gasteiger partial charge < -0.3 is 45.9 Å². The third kappa shape index (κ3) is 18.0. The highest BCUT2D eigenvalue weighted by molar-refractivity contribution is 7.89. The number of carbonyl (C=O) groups is 2. The van der Waals surface area contributed by atoms with Gasteiger partial charge in [0.1, 0.15) is 18.3 Å². The van der Waals surface area contributed by atoms with Gasteiger partial charge in [0.2, 0.25) is 20.0 Å². The Morgan fingerprint density at radius 1 is 0.662 bits per heavy atom. The Kier molecular flexibility index (Phi) is 21.7. The summed E-state index contributed by atoms with van der Waals surface area (Å²) in [5, 5.41) is 13.6. The molecule has 0 saturated carbocycles. The average Bonchev–Trinajstić information content (AvgIpc) is 4.08. The minimum absolute atomic E-state index is 0.0819. The van der Waals surface area contributed by atoms with Gasteiger partial charge in [-0.15, -0.1) is 0 Å². The van der Waals surface area contributed by atoms with Crippen molar-refractivity contribution in [1.29, 1.82) is 0 Å². The largest absolute Gasteiger partial charge is 0.481 e. The highest BCUT2D eigenvalue weighted by Gasteiger charge is 2.47. The molecule has 2 aliphatic heterocycles. The van der Waals surface area contributed by atoms with Crippen LogP contribution in [0.5, 0.6) is 0 Å². The topological polar surface area (TPSA) is 326 Å². The van der Waals surface area contributed by atoms with Crippen LogP contribution >= 0.6 is 15.6 Å². The summed E-state index contributed by atoms with van der Waals surface area (Å²) in [4.78, 5) is 51.4. The summed E-state index contributed by atoms with van der Waals surface area (Å²) in [5.74, 6) is -0.776. The van der Waals surface area contributed by atoms with Crippen LogP contribution in [0.15, 0.2) is 119 Å². The number of carboxylic acid groups (broad SMARTS) is 1. The summed E-state index contributed by atoms with van der Waals surface area (Å²) >= 11 is 0. The summed E-state index contributed by atoms with van der Waals surface area (Å²) < 4.78 is 123. The molecule has 4 aromatic rings. The number of nitrogens with zero attached hydrogens (tertiary/aromatic N) is 3. The van der Waals surface area contributed by atoms with Gasteiger partial charge in [0.15, 0.2) is 0 Å². The predicted molar refractivity (Wildman–Crippen MR) is 285 cm³/mol. The highest BCUT2D eigenvalue weighted by atomic mass is 32.2. The molecule has 0 spiro atoms. The molecule has 8 atom stereocenters. The molecule has 2 aliphatic rings. The van der Waals surface area contributed by atoms with Crippen molar-refractivity contribution in [2.75, 3.05) is 64.1 Å². The number of benzene rings is 4. The first-order valence-corrected chi connectivity index (χ1v) is 30.9. The van der Waals surface area contributed by atoms with E-state index in [0.29, 0.717) is 24.2 Å². The minimum Gasteiger partial charge on any atom is -0.465 e. The number of ether oxygens (including phenoxy) is 3. The van der Waals surface area contributed by atoms with E-state index < -0.39 is 103 Å². The van der Waals surface area contributed by atoms with Crippen LogP contribution in [0.3, 0.4) is 0 Å². The number of hydrogen-bond acceptors (Lipinski definition) is 16. The number of hydrogen-bond donors (Lipinski definition) is 6. The Morgan fingerprint density at radius 2 is 1.12 bits per heavy atom. The van der Waals surface area contributed by atoms with Crippen molar-refractivity contribution >= 4 is 59.3 Å². The van der Waals surface area contributed by atoms with E-state index in [-0.39, 0.29) is 79.3 Å². The fourth-order valence-electron chi connectivity index (χ4n) is 8.97. The zero-order valence-electron chi connectivity index (χ0n) is 43.3. The standard InChI is InChI=1S/C50H70N6O17P2S2/c1-35(2)29-54(76(64,65)43-19-15-39(51)16-20-43)31-47(45(27-37-11-7-5-8-12-37)53-49(57)70-42-24-26-69-34-42)71-74(60,61)73-75(62,63)72-48(32-55(30-36(3)4)77(66,67)44-21-17-40(52)18-22-44)46(28-38-13-9-6-10-14-38)56(50(58)59)41-23-25-68-33-41/h5-22,35-36,41-42,45-48H,23-34,51-52H2,1-4H3,(H,53,57)(H,58,59)(H,60,61)(H,62,63)/t41-,42-,45-,46-,47+,48+/m0/s1. The second kappa shape index (κ2) is 27.3. The third-order valence-electron chi connectivity index (χ3n) is 12.5. The fraction of sp³-hybridized carbons (Fsp3) is 0.480. The summed E-state index contributed by atoms with van der Waals surface area (Å²) in [6, 6.07) is 23.5. The number of rotatable bonds is 28. The Balaban J connectivity index is 1.44. The third-order valence-corrected chi connectivity index (χ3v) is 18.9. The molecule has 2 heterocycles. The van der Waals surface area contributed by atoms with Crippen molar-refractivity contribution in [3.8, 4) is 0 Å². The van der Waals surface area contributed by atoms with E-state index in [1.165, 1.54) is 48.5 Å². The summed E-state index contributed by atoms with van der Waals surface area (Å²) in [7, 11) is -21.2. The molecule has 8 N–H and O–H groups in total. The van der Waals surface area contributed by atoms with E-state index in [4.69, 9.17) is 39.0 Å². The van der Waals surface area contributed by atoms with Gasteiger partial charge in [-0.25, -0.2) is 35.6 Å². The normalized spacial score (nSPS) is 19.4. The maximum Gasteiger partial charge on any atom is 0.481 e. The van der Waals surface area contributed by atoms with E-state index >= 15 is 0 Å². The summed E-state index contributed by atoms with van der Waals surface area (Å²) in [5.41, 5.74) is 13.3. The molecule has 2 unspecified atom stereocenters. The van der Waals surface area contributed by atoms with Crippen molar-refractivity contribution in [2.24, 2.45) is 11.8 Å². The van der Waals surface area contributed by atoms with E-state index in [2.05, 4.69) is 5.32 Å². The first-order chi connectivity index (χ1) is 36.3. The number of anilines is 2. The van der Waals surface area contributed by atoms with Crippen LogP contribution < -0.4 is 16.8 Å². The molecule has 23 nitrogen and oxygen atoms in total. The molecule has 424 valence electrons. The van der Waals surface area contributed by atoms with Gasteiger partial charge >= 0.3 is 27.8 Å². The Hall–Kier alpha value is -4.98. The number of phosphoric acid groups is 2. The van der Waals surface area contributed by atoms with E-state index in [9.17, 15) is 50.4 Å². The van der Waals surface area contributed by atoms with Gasteiger partial charge in [-0.2, -0.15) is 12.9 Å². The van der Waals surface area contributed by atoms with Gasteiger partial charge in [0.25, 0.3) is 0 Å². The number of amides is 2. The number of sulfonamides is 2. The molecule has 0 bridgehead atoms. The lowest BCUT2D eigenvalue weighted by Crippen LogP contribution is -2.56. The van der Waals surface area contributed by atoms with Crippen molar-refractivity contribution in [1.82, 2.24) is 18.8 Å². The molecule has 77 heavy (non-hydrogen) atoms. The lowest BCUT2D eigenvalue weighted by molar-refractivity contribution is 0.0114. The zero-order valence-corrected chi connectivity index (χ0v) is 46.7. The summed E-state index contributed by atoms with van der Waals surface area (Å²) in [6.07, 6.45) is -6.98. The van der Waals surface area contributed by atoms with Crippen LogP contribution in [0.25, 0.3) is 0 Å². The van der Waals surface area contributed by atoms with Gasteiger partial charge in [-0.1, -0.05) is 88.4 Å². The first kappa shape index (κ1) is 61.2. The van der Waals surface area contributed by atoms with Crippen LogP contribution in [-0.2, 0) is 69.6 Å². The van der Waals surface area contributed by atoms with Crippen LogP contribution in [0.1, 0.15) is 51.7 Å². The Labute approximate surface area is 450 Å². The Bertz CT molecular complexity index is 2870. The second-order valence-electron chi connectivity index (χ2n) is 19.7. The molecule has 0 aromatic heterocycles. The van der Waals surface area contributed by atoms with Gasteiger partial charge in [0, 0.05) is 50.6 Å². The van der Waals surface area contributed by atoms with Crippen molar-refractivity contribution in [3.63, 3.8) is 0 Å². The summed E-state index contributed by atoms with van der Waals surface area (Å²) in [6.45, 7) is 5.26. The Morgan fingerprint density at radius 3 is 1.56 bits per heavy atom. The van der Waals surface area contributed by atoms with Gasteiger partial charge in [-0.3, -0.25) is 13.9 Å². The van der Waals surface area contributed by atoms with Gasteiger partial charge in [-0.05, 0) is 90.8 Å². The lowest BCUT2D eigenvalue weighted by Gasteiger charge is -2.40. The minimum atomic E-state index is -6.09. The number of phosphoric ester groups is 2. The van der Waals surface area contributed by atoms with Crippen LogP contribution in [0.2, 0.25) is 0 Å². The maximum atomic E-state index is 14.7. The molecule has 2 saturated heterocycles. The zero-order chi connectivity index (χ0) is 56.1. The van der Waals surface area contributed by atoms with E-state index in [0.717, 1.165) is 13.5 Å². The second-order valence-corrected chi connectivity index (χ2v) is 26.5. The fourth-order valence-corrected chi connectivity index (χ4v) is 14.7. The molecule has 2 fully saturated rings. The van der Waals surface area contributed by atoms with Crippen molar-refractivity contribution < 1.29 is 78.0 Å². The predicted octanol–water partition coefficient (Wildman–Crippen LogP) is 6.34. The average molecular weight is 1150 g/mol. The molecule has 0 aliphatic carbocycles. The number of alkyl carbamates (subject to hydrolysis) is 1. The van der Waals surface area contributed by atoms with E-state index in [1.807, 2.05) is 0 Å². The molecule has 0 radical (unpaired) electrons. The maximum absolute atomic E-state index is 14.7. The monoisotopic (exact) mass is 1150 g/mol. The van der Waals surface area contributed by atoms with Crippen LogP contribution in [0.4, 0.5) is 21.0 Å². The van der Waals surface area contributed by atoms with Crippen LogP contribution in [0, 0.1) is 11.8 Å². The molecule has 4 aromatic carbocycles. The van der Waals surface area contributed by atoms with Crippen LogP contribution in [-0.4, -0.2) is 146 Å². The first-order valence-electron chi connectivity index (χ1n) is 25.0. The SMILES string of the molecule is CC(C)CN(C[C@@H](OP(=O)(O)OP(=O)(O)O[C@H](CN(CC(C)C)S(=O)(=O)c1ccc(N)cc1)[C@H](Cc1ccccc1)N(C(=O)O)[C@H]1CCOC1)[C@H](Cc1ccccc1)NC(=O)O[C@H]1CCOC1)S(=O)(=O)c1ccc(N)cc1. The number of nitrogens with one attached hydrogen (secondary N) is 1. The number of carbonyl (C=O) groups excluding carboxylic acids is 1. The molecule has 6 rings (SSSR count). The van der Waals surface area contributed by atoms with Crippen molar-refractivity contribution in [3.05, 3.63) is 120 Å². The van der Waals surface area contributed by atoms with Gasteiger partial charge in [0.05, 0.1) is 47.7 Å². The molecular formula is C50H70N6O17P2S2. The van der Waals surface area contributed by atoms with Crippen molar-refractivity contribution in [2.45, 2.75) is 99.6 Å². The number of nitrogens with two attached hydrogens (primary N) is 2. The smallest absolute Gasteiger partial charge is 0.465 e. The quantitative estimate of drug-likeness (QED) is 0.0267. The molecule has 2 amide bonds. The molecule has 27 heteroatoms. The number of nitrogen functional groups attached to an aromatic ring is 2. The molecular weight excluding hydrogens is 1080 g/mol. The lowest BCUT2D eigenvalue weighted by atomic mass is 9.97. The highest BCUT2D eigenvalue weighted by Crippen LogP contribution is 2.62.